The monoisotopic (exact) mass is 352 g/mol. The molecule has 0 aromatic heterocycles. The van der Waals surface area contributed by atoms with Crippen molar-refractivity contribution < 1.29 is 14.1 Å². The minimum Gasteiger partial charge on any atom is -0.478 e. The topological polar surface area (TPSA) is 54.4 Å². The fourth-order valence-corrected chi connectivity index (χ4v) is 3.51. The molecule has 2 aromatic rings. The van der Waals surface area contributed by atoms with Crippen molar-refractivity contribution >= 4 is 32.7 Å². The lowest BCUT2D eigenvalue weighted by molar-refractivity contribution is 0.0693. The summed E-state index contributed by atoms with van der Waals surface area (Å²) in [5, 5.41) is 9.19. The zero-order chi connectivity index (χ0) is 14.7. The number of hydrogen-bond donors (Lipinski definition) is 1. The summed E-state index contributed by atoms with van der Waals surface area (Å²) in [6.07, 6.45) is 0. The summed E-state index contributed by atoms with van der Waals surface area (Å²) in [4.78, 5) is 11.6. The number of hydrogen-bond acceptors (Lipinski definition) is 2. The van der Waals surface area contributed by atoms with E-state index in [2.05, 4.69) is 15.9 Å². The molecular weight excluding hydrogens is 340 g/mol. The van der Waals surface area contributed by atoms with E-state index in [1.807, 2.05) is 31.2 Å². The van der Waals surface area contributed by atoms with Gasteiger partial charge in [0.2, 0.25) is 0 Å². The van der Waals surface area contributed by atoms with Gasteiger partial charge >= 0.3 is 5.97 Å². The maximum atomic E-state index is 12.4. The summed E-state index contributed by atoms with van der Waals surface area (Å²) >= 11 is 3.23. The van der Waals surface area contributed by atoms with Crippen LogP contribution in [0.2, 0.25) is 0 Å². The Morgan fingerprint density at radius 3 is 2.65 bits per heavy atom. The third-order valence-electron chi connectivity index (χ3n) is 2.80. The number of aryl methyl sites for hydroxylation is 1. The van der Waals surface area contributed by atoms with E-state index in [9.17, 15) is 14.1 Å². The van der Waals surface area contributed by atoms with Crippen LogP contribution in [0.5, 0.6) is 0 Å². The predicted molar refractivity (Wildman–Crippen MR) is 82.4 cm³/mol. The maximum Gasteiger partial charge on any atom is 0.336 e. The van der Waals surface area contributed by atoms with Crippen molar-refractivity contribution in [3.8, 4) is 0 Å². The van der Waals surface area contributed by atoms with Crippen LogP contribution in [0.25, 0.3) is 0 Å². The number of benzene rings is 2. The van der Waals surface area contributed by atoms with Crippen molar-refractivity contribution in [3.05, 3.63) is 63.6 Å². The molecule has 2 rings (SSSR count). The summed E-state index contributed by atoms with van der Waals surface area (Å²) in [5.41, 5.74) is 2.10. The van der Waals surface area contributed by atoms with Crippen molar-refractivity contribution in [2.45, 2.75) is 17.6 Å². The summed E-state index contributed by atoms with van der Waals surface area (Å²) in [7, 11) is -1.38. The zero-order valence-electron chi connectivity index (χ0n) is 10.8. The van der Waals surface area contributed by atoms with Gasteiger partial charge in [0.25, 0.3) is 0 Å². The van der Waals surface area contributed by atoms with Gasteiger partial charge in [0.05, 0.1) is 27.0 Å². The van der Waals surface area contributed by atoms with Crippen LogP contribution in [0.1, 0.15) is 21.5 Å². The smallest absolute Gasteiger partial charge is 0.336 e. The molecule has 1 unspecified atom stereocenters. The molecule has 0 amide bonds. The summed E-state index contributed by atoms with van der Waals surface area (Å²) in [6, 6.07) is 12.5. The number of carbonyl (C=O) groups is 1. The second kappa shape index (κ2) is 6.33. The fraction of sp³-hybridized carbons (Fsp3) is 0.133. The molecule has 3 nitrogen and oxygen atoms in total. The van der Waals surface area contributed by atoms with Crippen molar-refractivity contribution in [1.29, 1.82) is 0 Å². The van der Waals surface area contributed by atoms with Gasteiger partial charge in [-0.25, -0.2) is 4.79 Å². The SMILES string of the molecule is Cc1cccc(CS(=O)c2ccc(Br)cc2C(=O)O)c1. The molecule has 0 aliphatic heterocycles. The number of halogens is 1. The summed E-state index contributed by atoms with van der Waals surface area (Å²) in [6.45, 7) is 1.97. The summed E-state index contributed by atoms with van der Waals surface area (Å²) < 4.78 is 13.1. The Kier molecular flexibility index (Phi) is 4.73. The Morgan fingerprint density at radius 1 is 1.25 bits per heavy atom. The highest BCUT2D eigenvalue weighted by molar-refractivity contribution is 9.10. The van der Waals surface area contributed by atoms with E-state index < -0.39 is 16.8 Å². The highest BCUT2D eigenvalue weighted by Gasteiger charge is 2.16. The van der Waals surface area contributed by atoms with Crippen LogP contribution >= 0.6 is 15.9 Å². The maximum absolute atomic E-state index is 12.4. The molecule has 0 saturated heterocycles. The molecule has 0 fully saturated rings. The van der Waals surface area contributed by atoms with Crippen molar-refractivity contribution in [2.75, 3.05) is 0 Å². The van der Waals surface area contributed by atoms with E-state index in [1.54, 1.807) is 12.1 Å². The largest absolute Gasteiger partial charge is 0.478 e. The Bertz CT molecular complexity index is 683. The molecule has 0 aliphatic carbocycles. The number of rotatable bonds is 4. The van der Waals surface area contributed by atoms with E-state index >= 15 is 0 Å². The van der Waals surface area contributed by atoms with Crippen molar-refractivity contribution in [1.82, 2.24) is 0 Å². The van der Waals surface area contributed by atoms with Crippen LogP contribution in [-0.2, 0) is 16.6 Å². The molecule has 1 N–H and O–H groups in total. The van der Waals surface area contributed by atoms with Gasteiger partial charge in [-0.3, -0.25) is 4.21 Å². The van der Waals surface area contributed by atoms with Gasteiger partial charge in [-0.1, -0.05) is 45.8 Å². The molecule has 2 aromatic carbocycles. The average Bonchev–Trinajstić information content (AvgIpc) is 2.38. The normalized spacial score (nSPS) is 12.1. The first-order chi connectivity index (χ1) is 9.47. The van der Waals surface area contributed by atoms with Gasteiger partial charge in [-0.15, -0.1) is 0 Å². The first-order valence-corrected chi connectivity index (χ1v) is 8.05. The van der Waals surface area contributed by atoms with Crippen molar-refractivity contribution in [2.24, 2.45) is 0 Å². The lowest BCUT2D eigenvalue weighted by Gasteiger charge is -2.07. The van der Waals surface area contributed by atoms with Crippen LogP contribution in [0.4, 0.5) is 0 Å². The number of aromatic carboxylic acids is 1. The quantitative estimate of drug-likeness (QED) is 0.911. The van der Waals surface area contributed by atoms with Gasteiger partial charge in [-0.2, -0.15) is 0 Å². The first kappa shape index (κ1) is 14.9. The predicted octanol–water partition coefficient (Wildman–Crippen LogP) is 3.76. The molecule has 1 atom stereocenters. The van der Waals surface area contributed by atoms with Crippen LogP contribution in [0.3, 0.4) is 0 Å². The molecule has 0 heterocycles. The van der Waals surface area contributed by atoms with Crippen LogP contribution < -0.4 is 0 Å². The third-order valence-corrected chi connectivity index (χ3v) is 4.73. The van der Waals surface area contributed by atoms with E-state index in [4.69, 9.17) is 0 Å². The highest BCUT2D eigenvalue weighted by atomic mass is 79.9. The Morgan fingerprint density at radius 2 is 2.00 bits per heavy atom. The van der Waals surface area contributed by atoms with Gasteiger partial charge in [0.1, 0.15) is 0 Å². The Labute approximate surface area is 128 Å². The Balaban J connectivity index is 2.32. The average molecular weight is 353 g/mol. The first-order valence-electron chi connectivity index (χ1n) is 5.94. The van der Waals surface area contributed by atoms with E-state index in [-0.39, 0.29) is 5.56 Å². The Hall–Kier alpha value is -1.46. The lowest BCUT2D eigenvalue weighted by atomic mass is 10.2. The van der Waals surface area contributed by atoms with Gasteiger partial charge in [0.15, 0.2) is 0 Å². The third kappa shape index (κ3) is 3.55. The molecule has 0 saturated carbocycles. The van der Waals surface area contributed by atoms with Gasteiger partial charge < -0.3 is 5.11 Å². The van der Waals surface area contributed by atoms with E-state index in [0.29, 0.717) is 15.1 Å². The van der Waals surface area contributed by atoms with Crippen LogP contribution in [0, 0.1) is 6.92 Å². The van der Waals surface area contributed by atoms with Crippen LogP contribution in [0.15, 0.2) is 51.8 Å². The highest BCUT2D eigenvalue weighted by Crippen LogP contribution is 2.22. The molecule has 0 radical (unpaired) electrons. The minimum atomic E-state index is -1.38. The second-order valence-corrected chi connectivity index (χ2v) is 6.76. The molecular formula is C15H13BrO3S. The van der Waals surface area contributed by atoms with E-state index in [1.165, 1.54) is 6.07 Å². The minimum absolute atomic E-state index is 0.0744. The number of carboxylic acid groups (broad SMARTS) is 1. The van der Waals surface area contributed by atoms with Gasteiger partial charge in [-0.05, 0) is 30.7 Å². The fourth-order valence-electron chi connectivity index (χ4n) is 1.90. The summed E-state index contributed by atoms with van der Waals surface area (Å²) in [5.74, 6) is -0.761. The number of carboxylic acids is 1. The van der Waals surface area contributed by atoms with Gasteiger partial charge in [0, 0.05) is 4.47 Å². The zero-order valence-corrected chi connectivity index (χ0v) is 13.2. The van der Waals surface area contributed by atoms with Crippen LogP contribution in [-0.4, -0.2) is 15.3 Å². The molecule has 0 spiro atoms. The molecule has 0 bridgehead atoms. The molecule has 20 heavy (non-hydrogen) atoms. The molecule has 0 aliphatic rings. The molecule has 104 valence electrons. The van der Waals surface area contributed by atoms with Crippen molar-refractivity contribution in [3.63, 3.8) is 0 Å². The van der Waals surface area contributed by atoms with E-state index in [0.717, 1.165) is 11.1 Å². The standard InChI is InChI=1S/C15H13BrO3S/c1-10-3-2-4-11(7-10)9-20(19)14-6-5-12(16)8-13(14)15(17)18/h2-8H,9H2,1H3,(H,17,18). The lowest BCUT2D eigenvalue weighted by Crippen LogP contribution is -2.06. The second-order valence-electron chi connectivity index (χ2n) is 4.42. The molecule has 5 heteroatoms.